The summed E-state index contributed by atoms with van der Waals surface area (Å²) in [5, 5.41) is 11.8. The molecule has 36 heavy (non-hydrogen) atoms. The fourth-order valence-electron chi connectivity index (χ4n) is 2.91. The molecule has 0 radical (unpaired) electrons. The summed E-state index contributed by atoms with van der Waals surface area (Å²) in [4.78, 5) is 28.0. The van der Waals surface area contributed by atoms with E-state index in [1.165, 1.54) is 36.5 Å². The van der Waals surface area contributed by atoms with Crippen LogP contribution < -0.4 is 14.8 Å². The van der Waals surface area contributed by atoms with Crippen molar-refractivity contribution >= 4 is 49.9 Å². The van der Waals surface area contributed by atoms with E-state index in [2.05, 4.69) is 10.3 Å². The molecule has 0 saturated carbocycles. The number of thiazole rings is 1. The number of anilines is 1. The fourth-order valence-corrected chi connectivity index (χ4v) is 5.13. The summed E-state index contributed by atoms with van der Waals surface area (Å²) in [6.45, 7) is 2.14. The van der Waals surface area contributed by atoms with Crippen LogP contribution in [0.15, 0.2) is 57.8 Å². The monoisotopic (exact) mass is 552 g/mol. The minimum absolute atomic E-state index is 0.111. The highest BCUT2D eigenvalue weighted by atomic mass is 32.2. The second-order valence-corrected chi connectivity index (χ2v) is 11.9. The number of carboxylic acids is 1. The molecule has 0 aliphatic heterocycles. The second-order valence-electron chi connectivity index (χ2n) is 7.54. The third kappa shape index (κ3) is 8.22. The summed E-state index contributed by atoms with van der Waals surface area (Å²) >= 11 is 2.27. The topological polar surface area (TPSA) is 141 Å². The van der Waals surface area contributed by atoms with E-state index in [9.17, 15) is 18.0 Å². The SMILES string of the molecule is COC[C@H](C)Oc1cc(Oc2ccc(S(C)(=O)=O)cc2)cc(C(=O)Nc2ncc(SCC(=O)O)s2)c1. The summed E-state index contributed by atoms with van der Waals surface area (Å²) in [6, 6.07) is 10.6. The van der Waals surface area contributed by atoms with Crippen LogP contribution >= 0.6 is 23.1 Å². The zero-order chi connectivity index (χ0) is 26.3. The zero-order valence-electron chi connectivity index (χ0n) is 19.6. The Kier molecular flexibility index (Phi) is 9.31. The highest BCUT2D eigenvalue weighted by Crippen LogP contribution is 2.31. The number of sulfone groups is 1. The van der Waals surface area contributed by atoms with Gasteiger partial charge in [0.05, 0.1) is 27.7 Å². The van der Waals surface area contributed by atoms with Crippen molar-refractivity contribution in [3.05, 3.63) is 54.2 Å². The van der Waals surface area contributed by atoms with Gasteiger partial charge in [0.15, 0.2) is 15.0 Å². The van der Waals surface area contributed by atoms with Crippen molar-refractivity contribution in [3.8, 4) is 17.2 Å². The van der Waals surface area contributed by atoms with Crippen molar-refractivity contribution in [2.75, 3.05) is 31.0 Å². The summed E-state index contributed by atoms with van der Waals surface area (Å²) < 4.78 is 40.9. The van der Waals surface area contributed by atoms with Gasteiger partial charge in [-0.1, -0.05) is 11.3 Å². The van der Waals surface area contributed by atoms with Gasteiger partial charge in [0.25, 0.3) is 5.91 Å². The summed E-state index contributed by atoms with van der Waals surface area (Å²) in [7, 11) is -1.80. The Hall–Kier alpha value is -3.13. The molecule has 192 valence electrons. The lowest BCUT2D eigenvalue weighted by Gasteiger charge is -2.16. The van der Waals surface area contributed by atoms with Crippen LogP contribution in [0.3, 0.4) is 0 Å². The number of aromatic nitrogens is 1. The number of methoxy groups -OCH3 is 1. The predicted octanol–water partition coefficient (Wildman–Crippen LogP) is 4.18. The molecule has 1 atom stereocenters. The molecule has 13 heteroatoms. The molecular weight excluding hydrogens is 528 g/mol. The maximum Gasteiger partial charge on any atom is 0.313 e. The quantitative estimate of drug-likeness (QED) is 0.314. The Morgan fingerprint density at radius 1 is 1.14 bits per heavy atom. The number of nitrogens with one attached hydrogen (secondary N) is 1. The normalized spacial score (nSPS) is 12.1. The maximum atomic E-state index is 13.0. The molecule has 1 amide bonds. The molecule has 1 aromatic heterocycles. The number of carbonyl (C=O) groups excluding carboxylic acids is 1. The third-order valence-corrected chi connectivity index (χ3v) is 7.63. The number of ether oxygens (including phenoxy) is 3. The zero-order valence-corrected chi connectivity index (χ0v) is 22.0. The lowest BCUT2D eigenvalue weighted by molar-refractivity contribution is -0.133. The number of nitrogens with zero attached hydrogens (tertiary/aromatic N) is 1. The number of carboxylic acid groups (broad SMARTS) is 1. The molecule has 0 bridgehead atoms. The number of amides is 1. The minimum Gasteiger partial charge on any atom is -0.488 e. The first-order valence-electron chi connectivity index (χ1n) is 10.4. The van der Waals surface area contributed by atoms with Gasteiger partial charge in [-0.15, -0.1) is 11.8 Å². The van der Waals surface area contributed by atoms with Crippen molar-refractivity contribution in [2.45, 2.75) is 22.1 Å². The number of carbonyl (C=O) groups is 2. The van der Waals surface area contributed by atoms with Crippen LogP contribution in [0.25, 0.3) is 0 Å². The largest absolute Gasteiger partial charge is 0.488 e. The van der Waals surface area contributed by atoms with Gasteiger partial charge in [-0.2, -0.15) is 0 Å². The maximum absolute atomic E-state index is 13.0. The van der Waals surface area contributed by atoms with Gasteiger partial charge in [-0.25, -0.2) is 13.4 Å². The molecule has 0 spiro atoms. The van der Waals surface area contributed by atoms with E-state index in [0.29, 0.717) is 33.2 Å². The lowest BCUT2D eigenvalue weighted by Crippen LogP contribution is -2.18. The first kappa shape index (κ1) is 27.5. The van der Waals surface area contributed by atoms with E-state index in [0.717, 1.165) is 29.4 Å². The standard InChI is InChI=1S/C23H24N2O8S3/c1-14(12-31-2)32-17-8-15(22(28)25-23-24-11-21(35-23)34-13-20(26)27)9-18(10-17)33-16-4-6-19(7-5-16)36(3,29)30/h4-11,14H,12-13H2,1-3H3,(H,26,27)(H,24,25,28)/t14-/m0/s1. The van der Waals surface area contributed by atoms with Crippen molar-refractivity contribution in [1.29, 1.82) is 0 Å². The first-order chi connectivity index (χ1) is 17.0. The average molecular weight is 553 g/mol. The van der Waals surface area contributed by atoms with E-state index in [4.69, 9.17) is 19.3 Å². The van der Waals surface area contributed by atoms with Gasteiger partial charge >= 0.3 is 5.97 Å². The Bertz CT molecular complexity index is 1320. The molecule has 2 N–H and O–H groups in total. The van der Waals surface area contributed by atoms with E-state index in [1.807, 2.05) is 6.92 Å². The van der Waals surface area contributed by atoms with E-state index < -0.39 is 21.7 Å². The van der Waals surface area contributed by atoms with Crippen LogP contribution in [0.2, 0.25) is 0 Å². The fraction of sp³-hybridized carbons (Fsp3) is 0.261. The van der Waals surface area contributed by atoms with Crippen molar-refractivity contribution in [3.63, 3.8) is 0 Å². The third-order valence-electron chi connectivity index (χ3n) is 4.41. The van der Waals surface area contributed by atoms with Crippen molar-refractivity contribution < 1.29 is 37.3 Å². The smallest absolute Gasteiger partial charge is 0.313 e. The van der Waals surface area contributed by atoms with Crippen LogP contribution in [-0.4, -0.2) is 62.2 Å². The Balaban J connectivity index is 1.82. The molecule has 0 fully saturated rings. The number of rotatable bonds is 12. The number of benzene rings is 2. The molecule has 3 aromatic rings. The number of hydrogen-bond donors (Lipinski definition) is 2. The molecule has 1 heterocycles. The van der Waals surface area contributed by atoms with Crippen LogP contribution in [0.5, 0.6) is 17.2 Å². The molecular formula is C23H24N2O8S3. The summed E-state index contributed by atoms with van der Waals surface area (Å²) in [6.07, 6.45) is 2.31. The van der Waals surface area contributed by atoms with Gasteiger partial charge in [-0.05, 0) is 43.3 Å². The van der Waals surface area contributed by atoms with Crippen molar-refractivity contribution in [2.24, 2.45) is 0 Å². The van der Waals surface area contributed by atoms with Gasteiger partial charge in [0.1, 0.15) is 23.4 Å². The Morgan fingerprint density at radius 3 is 2.47 bits per heavy atom. The second kappa shape index (κ2) is 12.2. The molecule has 0 unspecified atom stereocenters. The number of aliphatic carboxylic acids is 1. The van der Waals surface area contributed by atoms with E-state index in [-0.39, 0.29) is 22.3 Å². The lowest BCUT2D eigenvalue weighted by atomic mass is 10.2. The van der Waals surface area contributed by atoms with Gasteiger partial charge in [0.2, 0.25) is 0 Å². The molecule has 0 saturated heterocycles. The highest BCUT2D eigenvalue weighted by Gasteiger charge is 2.16. The van der Waals surface area contributed by atoms with Crippen LogP contribution in [0.4, 0.5) is 5.13 Å². The highest BCUT2D eigenvalue weighted by molar-refractivity contribution is 8.01. The Morgan fingerprint density at radius 2 is 1.83 bits per heavy atom. The minimum atomic E-state index is -3.35. The molecule has 3 rings (SSSR count). The first-order valence-corrected chi connectivity index (χ1v) is 14.1. The predicted molar refractivity (Wildman–Crippen MR) is 136 cm³/mol. The molecule has 10 nitrogen and oxygen atoms in total. The summed E-state index contributed by atoms with van der Waals surface area (Å²) in [5.74, 6) is -0.493. The van der Waals surface area contributed by atoms with Crippen molar-refractivity contribution in [1.82, 2.24) is 4.98 Å². The molecule has 2 aromatic carbocycles. The number of thioether (sulfide) groups is 1. The van der Waals surface area contributed by atoms with E-state index in [1.54, 1.807) is 19.2 Å². The molecule has 0 aliphatic rings. The summed E-state index contributed by atoms with van der Waals surface area (Å²) in [5.41, 5.74) is 0.231. The average Bonchev–Trinajstić information content (AvgIpc) is 3.24. The van der Waals surface area contributed by atoms with Gasteiger partial charge in [-0.3, -0.25) is 14.9 Å². The number of hydrogen-bond acceptors (Lipinski definition) is 10. The molecule has 0 aliphatic carbocycles. The van der Waals surface area contributed by atoms with Crippen LogP contribution in [0.1, 0.15) is 17.3 Å². The Labute approximate surface area is 216 Å². The van der Waals surface area contributed by atoms with E-state index >= 15 is 0 Å². The van der Waals surface area contributed by atoms with Crippen LogP contribution in [-0.2, 0) is 19.4 Å². The van der Waals surface area contributed by atoms with Gasteiger partial charge < -0.3 is 19.3 Å². The van der Waals surface area contributed by atoms with Gasteiger partial charge in [0, 0.05) is 25.0 Å². The van der Waals surface area contributed by atoms with Crippen LogP contribution in [0, 0.1) is 0 Å².